The molecule has 0 bridgehead atoms. The van der Waals surface area contributed by atoms with Gasteiger partial charge in [0.2, 0.25) is 0 Å². The first-order valence-corrected chi connectivity index (χ1v) is 7.22. The zero-order valence-corrected chi connectivity index (χ0v) is 13.3. The molecule has 1 aromatic carbocycles. The quantitative estimate of drug-likeness (QED) is 0.888. The molecule has 5 heteroatoms. The molecule has 2 nitrogen and oxygen atoms in total. The SMILES string of the molecule is CC(N)Cc1ccc(N(C)C(C)C(C)C)c(C(F)(F)F)c1. The Morgan fingerprint density at radius 2 is 1.71 bits per heavy atom. The van der Waals surface area contributed by atoms with E-state index in [4.69, 9.17) is 5.73 Å². The molecule has 2 unspecified atom stereocenters. The fourth-order valence-corrected chi connectivity index (χ4v) is 2.28. The third kappa shape index (κ3) is 4.63. The molecule has 2 N–H and O–H groups in total. The molecule has 1 aromatic rings. The number of rotatable bonds is 5. The van der Waals surface area contributed by atoms with Crippen LogP contribution in [0.2, 0.25) is 0 Å². The molecule has 0 saturated heterocycles. The molecule has 0 spiro atoms. The van der Waals surface area contributed by atoms with Crippen LogP contribution in [0, 0.1) is 5.92 Å². The molecule has 2 atom stereocenters. The van der Waals surface area contributed by atoms with Gasteiger partial charge >= 0.3 is 6.18 Å². The van der Waals surface area contributed by atoms with Crippen molar-refractivity contribution in [2.75, 3.05) is 11.9 Å². The standard InChI is InChI=1S/C16H25F3N2/c1-10(2)12(4)21(5)15-7-6-13(8-11(3)20)9-14(15)16(17,18)19/h6-7,9-12H,8,20H2,1-5H3. The van der Waals surface area contributed by atoms with Crippen LogP contribution in [0.4, 0.5) is 18.9 Å². The van der Waals surface area contributed by atoms with Crippen LogP contribution in [0.5, 0.6) is 0 Å². The lowest BCUT2D eigenvalue weighted by Crippen LogP contribution is -2.34. The second kappa shape index (κ2) is 6.69. The summed E-state index contributed by atoms with van der Waals surface area (Å²) >= 11 is 0. The highest BCUT2D eigenvalue weighted by molar-refractivity contribution is 5.56. The van der Waals surface area contributed by atoms with Gasteiger partial charge < -0.3 is 10.6 Å². The average molecular weight is 302 g/mol. The van der Waals surface area contributed by atoms with Crippen molar-refractivity contribution in [1.82, 2.24) is 0 Å². The van der Waals surface area contributed by atoms with Crippen molar-refractivity contribution in [1.29, 1.82) is 0 Å². The third-order valence-electron chi connectivity index (χ3n) is 3.88. The summed E-state index contributed by atoms with van der Waals surface area (Å²) in [4.78, 5) is 1.70. The number of hydrogen-bond acceptors (Lipinski definition) is 2. The number of hydrogen-bond donors (Lipinski definition) is 1. The molecule has 0 fully saturated rings. The van der Waals surface area contributed by atoms with Crippen LogP contribution >= 0.6 is 0 Å². The molecule has 0 saturated carbocycles. The fraction of sp³-hybridized carbons (Fsp3) is 0.625. The minimum Gasteiger partial charge on any atom is -0.371 e. The molecule has 0 aliphatic rings. The van der Waals surface area contributed by atoms with E-state index < -0.39 is 11.7 Å². The van der Waals surface area contributed by atoms with E-state index in [2.05, 4.69) is 0 Å². The highest BCUT2D eigenvalue weighted by Gasteiger charge is 2.35. The summed E-state index contributed by atoms with van der Waals surface area (Å²) in [6.07, 6.45) is -3.93. The second-order valence-electron chi connectivity index (χ2n) is 6.13. The van der Waals surface area contributed by atoms with Crippen molar-refractivity contribution in [3.63, 3.8) is 0 Å². The van der Waals surface area contributed by atoms with Crippen LogP contribution in [0.25, 0.3) is 0 Å². The minimum atomic E-state index is -4.37. The molecule has 1 rings (SSSR count). The largest absolute Gasteiger partial charge is 0.418 e. The van der Waals surface area contributed by atoms with Crippen molar-refractivity contribution >= 4 is 5.69 Å². The van der Waals surface area contributed by atoms with Crippen LogP contribution in [-0.2, 0) is 12.6 Å². The molecule has 0 heterocycles. The Morgan fingerprint density at radius 1 is 1.14 bits per heavy atom. The maximum atomic E-state index is 13.3. The summed E-state index contributed by atoms with van der Waals surface area (Å²) in [6.45, 7) is 7.71. The van der Waals surface area contributed by atoms with Gasteiger partial charge in [-0.3, -0.25) is 0 Å². The molecular weight excluding hydrogens is 277 g/mol. The van der Waals surface area contributed by atoms with Crippen molar-refractivity contribution in [3.8, 4) is 0 Å². The maximum absolute atomic E-state index is 13.3. The number of benzene rings is 1. The second-order valence-corrected chi connectivity index (χ2v) is 6.13. The van der Waals surface area contributed by atoms with E-state index in [9.17, 15) is 13.2 Å². The van der Waals surface area contributed by atoms with Gasteiger partial charge in [-0.1, -0.05) is 19.9 Å². The number of nitrogens with zero attached hydrogens (tertiary/aromatic N) is 1. The van der Waals surface area contributed by atoms with Gasteiger partial charge in [0.05, 0.1) is 5.56 Å². The highest BCUT2D eigenvalue weighted by atomic mass is 19.4. The van der Waals surface area contributed by atoms with Gasteiger partial charge in [0.1, 0.15) is 0 Å². The number of alkyl halides is 3. The van der Waals surface area contributed by atoms with Gasteiger partial charge in [0.15, 0.2) is 0 Å². The van der Waals surface area contributed by atoms with Crippen LogP contribution in [0.15, 0.2) is 18.2 Å². The lowest BCUT2D eigenvalue weighted by Gasteiger charge is -2.32. The summed E-state index contributed by atoms with van der Waals surface area (Å²) in [6, 6.07) is 4.37. The van der Waals surface area contributed by atoms with Gasteiger partial charge in [-0.2, -0.15) is 13.2 Å². The zero-order valence-electron chi connectivity index (χ0n) is 13.3. The van der Waals surface area contributed by atoms with Crippen LogP contribution in [0.3, 0.4) is 0 Å². The summed E-state index contributed by atoms with van der Waals surface area (Å²) in [5.74, 6) is 0.264. The van der Waals surface area contributed by atoms with Crippen molar-refractivity contribution in [2.24, 2.45) is 11.7 Å². The van der Waals surface area contributed by atoms with E-state index in [1.165, 1.54) is 6.07 Å². The summed E-state index contributed by atoms with van der Waals surface area (Å²) < 4.78 is 40.0. The number of nitrogens with two attached hydrogens (primary N) is 1. The third-order valence-corrected chi connectivity index (χ3v) is 3.88. The Kier molecular flexibility index (Phi) is 5.68. The molecule has 0 amide bonds. The van der Waals surface area contributed by atoms with Gasteiger partial charge in [-0.25, -0.2) is 0 Å². The molecule has 0 radical (unpaired) electrons. The normalized spacial score (nSPS) is 15.1. The predicted molar refractivity (Wildman–Crippen MR) is 81.5 cm³/mol. The van der Waals surface area contributed by atoms with E-state index in [1.807, 2.05) is 20.8 Å². The number of halogens is 3. The summed E-state index contributed by atoms with van der Waals surface area (Å²) in [5, 5.41) is 0. The lowest BCUT2D eigenvalue weighted by atomic mass is 9.99. The summed E-state index contributed by atoms with van der Waals surface area (Å²) in [5.41, 5.74) is 5.93. The molecular formula is C16H25F3N2. The lowest BCUT2D eigenvalue weighted by molar-refractivity contribution is -0.137. The topological polar surface area (TPSA) is 29.3 Å². The highest BCUT2D eigenvalue weighted by Crippen LogP contribution is 2.38. The molecule has 21 heavy (non-hydrogen) atoms. The van der Waals surface area contributed by atoms with E-state index in [0.717, 1.165) is 0 Å². The van der Waals surface area contributed by atoms with Crippen LogP contribution in [-0.4, -0.2) is 19.1 Å². The first kappa shape index (κ1) is 17.8. The van der Waals surface area contributed by atoms with Crippen LogP contribution in [0.1, 0.15) is 38.8 Å². The van der Waals surface area contributed by atoms with Gasteiger partial charge in [0.25, 0.3) is 0 Å². The molecule has 0 aliphatic carbocycles. The zero-order chi connectivity index (χ0) is 16.4. The Bertz CT molecular complexity index is 467. The maximum Gasteiger partial charge on any atom is 0.418 e. The minimum absolute atomic E-state index is 0.0189. The molecule has 120 valence electrons. The van der Waals surface area contributed by atoms with E-state index >= 15 is 0 Å². The average Bonchev–Trinajstić information content (AvgIpc) is 2.35. The van der Waals surface area contributed by atoms with Crippen molar-refractivity contribution in [2.45, 2.75) is 52.4 Å². The van der Waals surface area contributed by atoms with Crippen molar-refractivity contribution < 1.29 is 13.2 Å². The van der Waals surface area contributed by atoms with Gasteiger partial charge in [-0.05, 0) is 43.9 Å². The monoisotopic (exact) mass is 302 g/mol. The first-order valence-electron chi connectivity index (χ1n) is 7.22. The van der Waals surface area contributed by atoms with Crippen LogP contribution < -0.4 is 10.6 Å². The number of anilines is 1. The molecule has 0 aliphatic heterocycles. The Morgan fingerprint density at radius 3 is 2.14 bits per heavy atom. The summed E-state index contributed by atoms with van der Waals surface area (Å²) in [7, 11) is 1.71. The van der Waals surface area contributed by atoms with E-state index in [-0.39, 0.29) is 23.7 Å². The van der Waals surface area contributed by atoms with Gasteiger partial charge in [0, 0.05) is 24.8 Å². The predicted octanol–water partition coefficient (Wildman–Crippen LogP) is 4.08. The Labute approximate surface area is 125 Å². The Hall–Kier alpha value is -1.23. The first-order chi connectivity index (χ1) is 9.54. The Balaban J connectivity index is 3.25. The van der Waals surface area contributed by atoms with E-state index in [0.29, 0.717) is 12.0 Å². The smallest absolute Gasteiger partial charge is 0.371 e. The fourth-order valence-electron chi connectivity index (χ4n) is 2.28. The van der Waals surface area contributed by atoms with Gasteiger partial charge in [-0.15, -0.1) is 0 Å². The van der Waals surface area contributed by atoms with E-state index in [1.54, 1.807) is 31.0 Å². The van der Waals surface area contributed by atoms with Crippen molar-refractivity contribution in [3.05, 3.63) is 29.3 Å². The molecule has 0 aromatic heterocycles.